The summed E-state index contributed by atoms with van der Waals surface area (Å²) in [7, 11) is 0. The van der Waals surface area contributed by atoms with Gasteiger partial charge >= 0.3 is 0 Å². The topological polar surface area (TPSA) is 62.9 Å². The lowest BCUT2D eigenvalue weighted by Gasteiger charge is -2.03. The normalized spacial score (nSPS) is 15.9. The lowest BCUT2D eigenvalue weighted by molar-refractivity contribution is -0.141. The summed E-state index contributed by atoms with van der Waals surface area (Å²) in [5.41, 5.74) is 0.496. The SMILES string of the molecule is CC(=O)N1N=C(c2ccco2)CC1=O. The summed E-state index contributed by atoms with van der Waals surface area (Å²) in [6.07, 6.45) is 1.62. The van der Waals surface area contributed by atoms with Crippen molar-refractivity contribution in [3.05, 3.63) is 24.2 Å². The molecule has 1 aromatic rings. The van der Waals surface area contributed by atoms with Crippen molar-refractivity contribution in [3.63, 3.8) is 0 Å². The number of hydrogen-bond donors (Lipinski definition) is 0. The number of carbonyl (C=O) groups excluding carboxylic acids is 2. The zero-order valence-corrected chi connectivity index (χ0v) is 7.56. The molecule has 0 saturated carbocycles. The summed E-state index contributed by atoms with van der Waals surface area (Å²) in [5.74, 6) is -0.164. The lowest BCUT2D eigenvalue weighted by Crippen LogP contribution is -2.25. The molecule has 0 N–H and O–H groups in total. The molecule has 1 aliphatic heterocycles. The molecule has 5 nitrogen and oxygen atoms in total. The molecule has 14 heavy (non-hydrogen) atoms. The second-order valence-corrected chi connectivity index (χ2v) is 2.93. The summed E-state index contributed by atoms with van der Waals surface area (Å²) < 4.78 is 5.07. The standard InChI is InChI=1S/C9H8N2O3/c1-6(12)11-9(13)5-7(10-11)8-3-2-4-14-8/h2-4H,5H2,1H3. The average Bonchev–Trinajstić information content (AvgIpc) is 2.70. The Labute approximate surface area is 80.0 Å². The third-order valence-electron chi connectivity index (χ3n) is 1.88. The number of carbonyl (C=O) groups is 2. The molecule has 0 fully saturated rings. The lowest BCUT2D eigenvalue weighted by atomic mass is 10.2. The van der Waals surface area contributed by atoms with E-state index in [1.807, 2.05) is 0 Å². The number of nitrogens with zero attached hydrogens (tertiary/aromatic N) is 2. The summed E-state index contributed by atoms with van der Waals surface area (Å²) >= 11 is 0. The van der Waals surface area contributed by atoms with Crippen molar-refractivity contribution in [2.45, 2.75) is 13.3 Å². The third-order valence-corrected chi connectivity index (χ3v) is 1.88. The van der Waals surface area contributed by atoms with E-state index in [1.165, 1.54) is 13.2 Å². The van der Waals surface area contributed by atoms with Crippen LogP contribution in [-0.2, 0) is 9.59 Å². The van der Waals surface area contributed by atoms with Gasteiger partial charge in [-0.25, -0.2) is 0 Å². The number of furan rings is 1. The van der Waals surface area contributed by atoms with Crippen molar-refractivity contribution in [2.24, 2.45) is 5.10 Å². The fourth-order valence-electron chi connectivity index (χ4n) is 1.26. The fourth-order valence-corrected chi connectivity index (χ4v) is 1.26. The second kappa shape index (κ2) is 3.10. The number of imide groups is 1. The maximum Gasteiger partial charge on any atom is 0.256 e. The molecule has 0 spiro atoms. The minimum Gasteiger partial charge on any atom is -0.463 e. The van der Waals surface area contributed by atoms with E-state index in [2.05, 4.69) is 5.10 Å². The summed E-state index contributed by atoms with van der Waals surface area (Å²) in [6.45, 7) is 1.30. The van der Waals surface area contributed by atoms with Crippen LogP contribution in [0.25, 0.3) is 0 Å². The highest BCUT2D eigenvalue weighted by atomic mass is 16.3. The van der Waals surface area contributed by atoms with Crippen molar-refractivity contribution in [2.75, 3.05) is 0 Å². The molecular formula is C9H8N2O3. The Hall–Kier alpha value is -1.91. The first-order valence-corrected chi connectivity index (χ1v) is 4.13. The van der Waals surface area contributed by atoms with Gasteiger partial charge in [0.25, 0.3) is 5.91 Å². The van der Waals surface area contributed by atoms with Gasteiger partial charge in [0.15, 0.2) is 0 Å². The first kappa shape index (κ1) is 8.68. The van der Waals surface area contributed by atoms with E-state index in [-0.39, 0.29) is 18.2 Å². The molecular weight excluding hydrogens is 184 g/mol. The molecule has 1 aliphatic rings. The molecule has 0 saturated heterocycles. The van der Waals surface area contributed by atoms with Crippen LogP contribution in [0.4, 0.5) is 0 Å². The van der Waals surface area contributed by atoms with Gasteiger partial charge < -0.3 is 4.42 Å². The van der Waals surface area contributed by atoms with E-state index < -0.39 is 0 Å². The second-order valence-electron chi connectivity index (χ2n) is 2.93. The highest BCUT2D eigenvalue weighted by Crippen LogP contribution is 2.15. The fraction of sp³-hybridized carbons (Fsp3) is 0.222. The zero-order valence-electron chi connectivity index (χ0n) is 7.56. The van der Waals surface area contributed by atoms with Crippen LogP contribution in [0.5, 0.6) is 0 Å². The highest BCUT2D eigenvalue weighted by Gasteiger charge is 2.28. The molecule has 0 unspecified atom stereocenters. The van der Waals surface area contributed by atoms with E-state index in [1.54, 1.807) is 12.1 Å². The smallest absolute Gasteiger partial charge is 0.256 e. The van der Waals surface area contributed by atoms with Crippen LogP contribution in [0.15, 0.2) is 27.9 Å². The van der Waals surface area contributed by atoms with Crippen molar-refractivity contribution in [1.29, 1.82) is 0 Å². The highest BCUT2D eigenvalue weighted by molar-refractivity contribution is 6.16. The van der Waals surface area contributed by atoms with Crippen molar-refractivity contribution >= 4 is 17.5 Å². The van der Waals surface area contributed by atoms with Crippen LogP contribution in [0.1, 0.15) is 19.1 Å². The Morgan fingerprint density at radius 1 is 1.64 bits per heavy atom. The number of rotatable bonds is 1. The van der Waals surface area contributed by atoms with Gasteiger partial charge in [0.05, 0.1) is 12.7 Å². The van der Waals surface area contributed by atoms with Gasteiger partial charge in [-0.1, -0.05) is 0 Å². The van der Waals surface area contributed by atoms with Crippen molar-refractivity contribution < 1.29 is 14.0 Å². The van der Waals surface area contributed by atoms with E-state index >= 15 is 0 Å². The molecule has 72 valence electrons. The van der Waals surface area contributed by atoms with Crippen LogP contribution in [-0.4, -0.2) is 22.5 Å². The van der Waals surface area contributed by atoms with Crippen LogP contribution < -0.4 is 0 Å². The number of amides is 2. The van der Waals surface area contributed by atoms with Gasteiger partial charge in [-0.3, -0.25) is 9.59 Å². The molecule has 0 aliphatic carbocycles. The Kier molecular flexibility index (Phi) is 1.92. The minimum absolute atomic E-state index is 0.118. The van der Waals surface area contributed by atoms with Gasteiger partial charge in [0.1, 0.15) is 11.5 Å². The third kappa shape index (κ3) is 1.32. The molecule has 5 heteroatoms. The molecule has 0 atom stereocenters. The molecule has 1 aromatic heterocycles. The average molecular weight is 192 g/mol. The molecule has 0 aromatic carbocycles. The van der Waals surface area contributed by atoms with E-state index in [9.17, 15) is 9.59 Å². The Bertz CT molecular complexity index is 406. The summed E-state index contributed by atoms with van der Waals surface area (Å²) in [4.78, 5) is 22.2. The van der Waals surface area contributed by atoms with E-state index in [0.29, 0.717) is 11.5 Å². The molecule has 2 amide bonds. The Balaban J connectivity index is 2.29. The maximum absolute atomic E-state index is 11.3. The molecule has 0 radical (unpaired) electrons. The Morgan fingerprint density at radius 3 is 2.93 bits per heavy atom. The number of hydrogen-bond acceptors (Lipinski definition) is 4. The molecule has 2 rings (SSSR count). The minimum atomic E-state index is -0.378. The molecule has 2 heterocycles. The van der Waals surface area contributed by atoms with Crippen LogP contribution in [0, 0.1) is 0 Å². The summed E-state index contributed by atoms with van der Waals surface area (Å²) in [5, 5.41) is 4.73. The quantitative estimate of drug-likeness (QED) is 0.659. The Morgan fingerprint density at radius 2 is 2.43 bits per heavy atom. The van der Waals surface area contributed by atoms with Gasteiger partial charge in [0.2, 0.25) is 5.91 Å². The van der Waals surface area contributed by atoms with Crippen LogP contribution in [0.3, 0.4) is 0 Å². The van der Waals surface area contributed by atoms with Crippen LogP contribution >= 0.6 is 0 Å². The largest absolute Gasteiger partial charge is 0.463 e. The summed E-state index contributed by atoms with van der Waals surface area (Å²) in [6, 6.07) is 3.41. The monoisotopic (exact) mass is 192 g/mol. The van der Waals surface area contributed by atoms with E-state index in [4.69, 9.17) is 4.42 Å². The van der Waals surface area contributed by atoms with Crippen molar-refractivity contribution in [3.8, 4) is 0 Å². The van der Waals surface area contributed by atoms with E-state index in [0.717, 1.165) is 5.01 Å². The maximum atomic E-state index is 11.3. The zero-order chi connectivity index (χ0) is 10.1. The van der Waals surface area contributed by atoms with Gasteiger partial charge in [-0.05, 0) is 12.1 Å². The van der Waals surface area contributed by atoms with Gasteiger partial charge in [0, 0.05) is 6.92 Å². The van der Waals surface area contributed by atoms with Gasteiger partial charge in [-0.15, -0.1) is 0 Å². The first-order valence-electron chi connectivity index (χ1n) is 4.13. The molecule has 0 bridgehead atoms. The van der Waals surface area contributed by atoms with Crippen molar-refractivity contribution in [1.82, 2.24) is 5.01 Å². The predicted molar refractivity (Wildman–Crippen MR) is 47.4 cm³/mol. The predicted octanol–water partition coefficient (Wildman–Crippen LogP) is 0.763. The van der Waals surface area contributed by atoms with Gasteiger partial charge in [-0.2, -0.15) is 10.1 Å². The number of hydrazone groups is 1. The first-order chi connectivity index (χ1) is 6.68. The van der Waals surface area contributed by atoms with Crippen LogP contribution in [0.2, 0.25) is 0 Å².